The van der Waals surface area contributed by atoms with Crippen LogP contribution in [-0.2, 0) is 9.47 Å². The summed E-state index contributed by atoms with van der Waals surface area (Å²) in [4.78, 5) is 11.8. The SMILES string of the molecule is Nc1cc(C(=O)OC2CCOCC2)ccc1Cl. The molecule has 0 saturated carbocycles. The first kappa shape index (κ1) is 12.2. The Kier molecular flexibility index (Phi) is 3.86. The number of rotatable bonds is 2. The number of hydrogen-bond acceptors (Lipinski definition) is 4. The average molecular weight is 256 g/mol. The van der Waals surface area contributed by atoms with Crippen molar-refractivity contribution in [3.8, 4) is 0 Å². The highest BCUT2D eigenvalue weighted by Crippen LogP contribution is 2.21. The topological polar surface area (TPSA) is 61.6 Å². The van der Waals surface area contributed by atoms with E-state index in [2.05, 4.69) is 0 Å². The van der Waals surface area contributed by atoms with Gasteiger partial charge in [0.2, 0.25) is 0 Å². The van der Waals surface area contributed by atoms with Gasteiger partial charge in [-0.2, -0.15) is 0 Å². The molecule has 2 N–H and O–H groups in total. The van der Waals surface area contributed by atoms with Gasteiger partial charge in [0.25, 0.3) is 0 Å². The minimum atomic E-state index is -0.361. The Labute approximate surface area is 105 Å². The lowest BCUT2D eigenvalue weighted by Crippen LogP contribution is -2.26. The Morgan fingerprint density at radius 2 is 2.12 bits per heavy atom. The fourth-order valence-corrected chi connectivity index (χ4v) is 1.80. The highest BCUT2D eigenvalue weighted by atomic mass is 35.5. The fraction of sp³-hybridized carbons (Fsp3) is 0.417. The van der Waals surface area contributed by atoms with E-state index in [-0.39, 0.29) is 12.1 Å². The highest BCUT2D eigenvalue weighted by Gasteiger charge is 2.19. The summed E-state index contributed by atoms with van der Waals surface area (Å²) in [5.41, 5.74) is 6.44. The molecule has 0 unspecified atom stereocenters. The van der Waals surface area contributed by atoms with Gasteiger partial charge in [-0.15, -0.1) is 0 Å². The van der Waals surface area contributed by atoms with Crippen molar-refractivity contribution in [3.63, 3.8) is 0 Å². The van der Waals surface area contributed by atoms with E-state index in [1.54, 1.807) is 12.1 Å². The zero-order chi connectivity index (χ0) is 12.3. The minimum Gasteiger partial charge on any atom is -0.459 e. The van der Waals surface area contributed by atoms with Gasteiger partial charge in [0.05, 0.1) is 29.5 Å². The first-order valence-corrected chi connectivity index (χ1v) is 5.88. The molecule has 1 heterocycles. The van der Waals surface area contributed by atoms with Crippen LogP contribution in [0.2, 0.25) is 5.02 Å². The molecule has 0 spiro atoms. The van der Waals surface area contributed by atoms with Gasteiger partial charge in [0, 0.05) is 12.8 Å². The molecular weight excluding hydrogens is 242 g/mol. The molecule has 0 radical (unpaired) electrons. The van der Waals surface area contributed by atoms with Gasteiger partial charge < -0.3 is 15.2 Å². The van der Waals surface area contributed by atoms with Crippen LogP contribution < -0.4 is 5.73 Å². The van der Waals surface area contributed by atoms with Crippen LogP contribution in [0.5, 0.6) is 0 Å². The molecule has 0 bridgehead atoms. The second-order valence-electron chi connectivity index (χ2n) is 3.95. The van der Waals surface area contributed by atoms with Crippen molar-refractivity contribution < 1.29 is 14.3 Å². The average Bonchev–Trinajstić information content (AvgIpc) is 2.34. The molecule has 92 valence electrons. The Bertz CT molecular complexity index is 416. The molecule has 1 aliphatic heterocycles. The summed E-state index contributed by atoms with van der Waals surface area (Å²) in [7, 11) is 0. The lowest BCUT2D eigenvalue weighted by molar-refractivity contribution is -0.0159. The van der Waals surface area contributed by atoms with Gasteiger partial charge >= 0.3 is 5.97 Å². The Balaban J connectivity index is 2.01. The number of nitrogens with two attached hydrogens (primary N) is 1. The van der Waals surface area contributed by atoms with E-state index in [1.807, 2.05) is 0 Å². The lowest BCUT2D eigenvalue weighted by atomic mass is 10.1. The molecule has 1 aromatic carbocycles. The maximum absolute atomic E-state index is 11.8. The zero-order valence-corrected chi connectivity index (χ0v) is 10.1. The molecule has 0 aliphatic carbocycles. The van der Waals surface area contributed by atoms with Crippen molar-refractivity contribution in [2.24, 2.45) is 0 Å². The van der Waals surface area contributed by atoms with Crippen LogP contribution in [-0.4, -0.2) is 25.3 Å². The third-order valence-electron chi connectivity index (χ3n) is 2.67. The van der Waals surface area contributed by atoms with Gasteiger partial charge in [0.1, 0.15) is 6.10 Å². The van der Waals surface area contributed by atoms with E-state index in [4.69, 9.17) is 26.8 Å². The van der Waals surface area contributed by atoms with E-state index in [0.29, 0.717) is 29.5 Å². The van der Waals surface area contributed by atoms with Crippen LogP contribution in [0.25, 0.3) is 0 Å². The summed E-state index contributed by atoms with van der Waals surface area (Å²) in [6.45, 7) is 1.28. The second-order valence-corrected chi connectivity index (χ2v) is 4.36. The van der Waals surface area contributed by atoms with Crippen LogP contribution in [0.4, 0.5) is 5.69 Å². The normalized spacial score (nSPS) is 16.8. The van der Waals surface area contributed by atoms with E-state index in [1.165, 1.54) is 6.07 Å². The van der Waals surface area contributed by atoms with E-state index >= 15 is 0 Å². The molecule has 1 fully saturated rings. The van der Waals surface area contributed by atoms with Crippen LogP contribution in [0, 0.1) is 0 Å². The largest absolute Gasteiger partial charge is 0.459 e. The first-order chi connectivity index (χ1) is 8.16. The molecular formula is C12H14ClNO3. The first-order valence-electron chi connectivity index (χ1n) is 5.50. The maximum atomic E-state index is 11.8. The molecule has 0 aromatic heterocycles. The maximum Gasteiger partial charge on any atom is 0.338 e. The summed E-state index contributed by atoms with van der Waals surface area (Å²) >= 11 is 5.78. The van der Waals surface area contributed by atoms with Crippen molar-refractivity contribution in [2.75, 3.05) is 18.9 Å². The molecule has 17 heavy (non-hydrogen) atoms. The number of halogens is 1. The van der Waals surface area contributed by atoms with Crippen molar-refractivity contribution in [2.45, 2.75) is 18.9 Å². The summed E-state index contributed by atoms with van der Waals surface area (Å²) < 4.78 is 10.5. The van der Waals surface area contributed by atoms with Crippen molar-refractivity contribution in [3.05, 3.63) is 28.8 Å². The minimum absolute atomic E-state index is 0.0619. The number of nitrogen functional groups attached to an aromatic ring is 1. The molecule has 1 aromatic rings. The molecule has 0 amide bonds. The van der Waals surface area contributed by atoms with Gasteiger partial charge in [-0.25, -0.2) is 4.79 Å². The summed E-state index contributed by atoms with van der Waals surface area (Å²) in [5.74, 6) is -0.361. The smallest absolute Gasteiger partial charge is 0.338 e. The van der Waals surface area contributed by atoms with Crippen molar-refractivity contribution >= 4 is 23.3 Å². The van der Waals surface area contributed by atoms with Crippen LogP contribution >= 0.6 is 11.6 Å². The highest BCUT2D eigenvalue weighted by molar-refractivity contribution is 6.33. The van der Waals surface area contributed by atoms with Crippen LogP contribution in [0.3, 0.4) is 0 Å². The Hall–Kier alpha value is -1.26. The lowest BCUT2D eigenvalue weighted by Gasteiger charge is -2.22. The number of hydrogen-bond donors (Lipinski definition) is 1. The van der Waals surface area contributed by atoms with E-state index < -0.39 is 0 Å². The number of anilines is 1. The quantitative estimate of drug-likeness (QED) is 0.650. The number of carbonyl (C=O) groups excluding carboxylic acids is 1. The summed E-state index contributed by atoms with van der Waals surface area (Å²) in [6, 6.07) is 4.74. The number of esters is 1. The molecule has 0 atom stereocenters. The molecule has 1 saturated heterocycles. The number of benzene rings is 1. The summed E-state index contributed by atoms with van der Waals surface area (Å²) in [6.07, 6.45) is 1.43. The van der Waals surface area contributed by atoms with Gasteiger partial charge in [-0.1, -0.05) is 11.6 Å². The third-order valence-corrected chi connectivity index (χ3v) is 3.02. The predicted octanol–water partition coefficient (Wildman–Crippen LogP) is 2.26. The van der Waals surface area contributed by atoms with Crippen molar-refractivity contribution in [1.82, 2.24) is 0 Å². The van der Waals surface area contributed by atoms with E-state index in [9.17, 15) is 4.79 Å². The van der Waals surface area contributed by atoms with Crippen LogP contribution in [0.15, 0.2) is 18.2 Å². The standard InChI is InChI=1S/C12H14ClNO3/c13-10-2-1-8(7-11(10)14)12(15)17-9-3-5-16-6-4-9/h1-2,7,9H,3-6,14H2. The zero-order valence-electron chi connectivity index (χ0n) is 9.32. The van der Waals surface area contributed by atoms with Gasteiger partial charge in [0.15, 0.2) is 0 Å². The van der Waals surface area contributed by atoms with Crippen molar-refractivity contribution in [1.29, 1.82) is 0 Å². The Morgan fingerprint density at radius 1 is 1.41 bits per heavy atom. The second kappa shape index (κ2) is 5.38. The summed E-state index contributed by atoms with van der Waals surface area (Å²) in [5, 5.41) is 0.438. The number of ether oxygens (including phenoxy) is 2. The van der Waals surface area contributed by atoms with Gasteiger partial charge in [-0.3, -0.25) is 0 Å². The fourth-order valence-electron chi connectivity index (χ4n) is 1.68. The Morgan fingerprint density at radius 3 is 2.76 bits per heavy atom. The third kappa shape index (κ3) is 3.11. The monoisotopic (exact) mass is 255 g/mol. The molecule has 5 heteroatoms. The molecule has 1 aliphatic rings. The van der Waals surface area contributed by atoms with Crippen LogP contribution in [0.1, 0.15) is 23.2 Å². The number of carbonyl (C=O) groups is 1. The predicted molar refractivity (Wildman–Crippen MR) is 65.1 cm³/mol. The van der Waals surface area contributed by atoms with E-state index in [0.717, 1.165) is 12.8 Å². The van der Waals surface area contributed by atoms with Gasteiger partial charge in [-0.05, 0) is 18.2 Å². The molecule has 4 nitrogen and oxygen atoms in total. The molecule has 2 rings (SSSR count).